The first-order valence-electron chi connectivity index (χ1n) is 3.38. The first-order chi connectivity index (χ1) is 5.63. The van der Waals surface area contributed by atoms with Gasteiger partial charge >= 0.3 is 5.97 Å². The van der Waals surface area contributed by atoms with Gasteiger partial charge in [-0.1, -0.05) is 0 Å². The average molecular weight is 172 g/mol. The fourth-order valence-electron chi connectivity index (χ4n) is 0.807. The highest BCUT2D eigenvalue weighted by atomic mass is 19.1. The van der Waals surface area contributed by atoms with E-state index in [1.807, 2.05) is 0 Å². The molecule has 12 heavy (non-hydrogen) atoms. The van der Waals surface area contributed by atoms with Gasteiger partial charge in [0, 0.05) is 13.1 Å². The summed E-state index contributed by atoms with van der Waals surface area (Å²) in [5, 5.41) is 3.74. The van der Waals surface area contributed by atoms with E-state index in [0.29, 0.717) is 5.69 Å². The number of halogens is 1. The number of methoxy groups -OCH3 is 1. The molecule has 0 N–H and O–H groups in total. The van der Waals surface area contributed by atoms with E-state index in [4.69, 9.17) is 0 Å². The van der Waals surface area contributed by atoms with Crippen molar-refractivity contribution in [3.63, 3.8) is 0 Å². The molecule has 0 spiro atoms. The van der Waals surface area contributed by atoms with Gasteiger partial charge in [0.15, 0.2) is 0 Å². The van der Waals surface area contributed by atoms with E-state index in [0.717, 1.165) is 4.68 Å². The first kappa shape index (κ1) is 8.70. The van der Waals surface area contributed by atoms with Crippen LogP contribution in [0.1, 0.15) is 5.69 Å². The Hall–Kier alpha value is -1.39. The van der Waals surface area contributed by atoms with Crippen molar-refractivity contribution in [2.45, 2.75) is 6.42 Å². The Morgan fingerprint density at radius 1 is 1.83 bits per heavy atom. The summed E-state index contributed by atoms with van der Waals surface area (Å²) in [5.74, 6) is -0.887. The van der Waals surface area contributed by atoms with Crippen LogP contribution in [0.2, 0.25) is 0 Å². The lowest BCUT2D eigenvalue weighted by atomic mass is 10.3. The van der Waals surface area contributed by atoms with Crippen molar-refractivity contribution in [2.24, 2.45) is 7.05 Å². The van der Waals surface area contributed by atoms with Crippen LogP contribution in [0.25, 0.3) is 0 Å². The number of nitrogens with zero attached hydrogens (tertiary/aromatic N) is 2. The smallest absolute Gasteiger partial charge is 0.311 e. The highest BCUT2D eigenvalue weighted by molar-refractivity contribution is 5.71. The van der Waals surface area contributed by atoms with Gasteiger partial charge < -0.3 is 4.74 Å². The number of ether oxygens (including phenoxy) is 1. The Morgan fingerprint density at radius 2 is 2.50 bits per heavy atom. The van der Waals surface area contributed by atoms with E-state index in [2.05, 4.69) is 9.84 Å². The Kier molecular flexibility index (Phi) is 2.42. The maximum Gasteiger partial charge on any atom is 0.311 e. The van der Waals surface area contributed by atoms with Crippen molar-refractivity contribution in [1.82, 2.24) is 9.78 Å². The summed E-state index contributed by atoms with van der Waals surface area (Å²) in [6.45, 7) is 0. The lowest BCUT2D eigenvalue weighted by Crippen LogP contribution is -2.05. The number of hydrogen-bond acceptors (Lipinski definition) is 3. The standard InChI is InChI=1S/C7H9FN2O2/c1-10-6(8)3-5(9-10)4-7(11)12-2/h3H,4H2,1-2H3. The van der Waals surface area contributed by atoms with E-state index in [9.17, 15) is 9.18 Å². The van der Waals surface area contributed by atoms with Crippen molar-refractivity contribution in [2.75, 3.05) is 7.11 Å². The highest BCUT2D eigenvalue weighted by Gasteiger charge is 2.08. The molecule has 0 fully saturated rings. The molecule has 5 heteroatoms. The maximum absolute atomic E-state index is 12.6. The average Bonchev–Trinajstić information content (AvgIpc) is 2.31. The van der Waals surface area contributed by atoms with Crippen LogP contribution in [0.5, 0.6) is 0 Å². The summed E-state index contributed by atoms with van der Waals surface area (Å²) >= 11 is 0. The quantitative estimate of drug-likeness (QED) is 0.601. The second-order valence-electron chi connectivity index (χ2n) is 2.33. The molecular weight excluding hydrogens is 163 g/mol. The molecule has 0 atom stereocenters. The molecule has 0 amide bonds. The second-order valence-corrected chi connectivity index (χ2v) is 2.33. The zero-order valence-corrected chi connectivity index (χ0v) is 6.87. The summed E-state index contributed by atoms with van der Waals surface area (Å²) in [5.41, 5.74) is 0.377. The van der Waals surface area contributed by atoms with E-state index in [-0.39, 0.29) is 6.42 Å². The van der Waals surface area contributed by atoms with Crippen LogP contribution >= 0.6 is 0 Å². The van der Waals surface area contributed by atoms with Gasteiger partial charge in [0.25, 0.3) is 0 Å². The number of rotatable bonds is 2. The molecule has 0 aliphatic heterocycles. The minimum atomic E-state index is -0.464. The molecule has 66 valence electrons. The van der Waals surface area contributed by atoms with Gasteiger partial charge in [-0.25, -0.2) is 4.68 Å². The number of hydrogen-bond donors (Lipinski definition) is 0. The molecule has 0 aliphatic rings. The lowest BCUT2D eigenvalue weighted by Gasteiger charge is -1.93. The van der Waals surface area contributed by atoms with Gasteiger partial charge in [-0.2, -0.15) is 9.49 Å². The van der Waals surface area contributed by atoms with Crippen molar-refractivity contribution in [1.29, 1.82) is 0 Å². The topological polar surface area (TPSA) is 44.1 Å². The minimum absolute atomic E-state index is 0.00819. The number of carbonyl (C=O) groups excluding carboxylic acids is 1. The summed E-state index contributed by atoms with van der Waals surface area (Å²) in [6.07, 6.45) is 0.00819. The molecule has 1 rings (SSSR count). The monoisotopic (exact) mass is 172 g/mol. The zero-order chi connectivity index (χ0) is 9.14. The molecule has 0 aliphatic carbocycles. The molecule has 0 saturated carbocycles. The van der Waals surface area contributed by atoms with Crippen LogP contribution in [0, 0.1) is 5.95 Å². The largest absolute Gasteiger partial charge is 0.469 e. The fourth-order valence-corrected chi connectivity index (χ4v) is 0.807. The Morgan fingerprint density at radius 3 is 2.92 bits per heavy atom. The summed E-state index contributed by atoms with van der Waals surface area (Å²) in [7, 11) is 2.75. The van der Waals surface area contributed by atoms with Crippen LogP contribution in [-0.4, -0.2) is 22.9 Å². The van der Waals surface area contributed by atoms with E-state index in [1.54, 1.807) is 0 Å². The molecule has 1 heterocycles. The predicted octanol–water partition coefficient (Wildman–Crippen LogP) is 0.275. The van der Waals surface area contributed by atoms with Gasteiger partial charge in [-0.15, -0.1) is 0 Å². The summed E-state index contributed by atoms with van der Waals surface area (Å²) in [6, 6.07) is 1.21. The predicted molar refractivity (Wildman–Crippen MR) is 38.9 cm³/mol. The third-order valence-electron chi connectivity index (χ3n) is 1.43. The van der Waals surface area contributed by atoms with Crippen molar-refractivity contribution < 1.29 is 13.9 Å². The SMILES string of the molecule is COC(=O)Cc1cc(F)n(C)n1. The van der Waals surface area contributed by atoms with Crippen LogP contribution < -0.4 is 0 Å². The third-order valence-corrected chi connectivity index (χ3v) is 1.43. The number of aromatic nitrogens is 2. The lowest BCUT2D eigenvalue weighted by molar-refractivity contribution is -0.139. The molecule has 1 aromatic heterocycles. The van der Waals surface area contributed by atoms with Crippen molar-refractivity contribution in [3.8, 4) is 0 Å². The fraction of sp³-hybridized carbons (Fsp3) is 0.429. The zero-order valence-electron chi connectivity index (χ0n) is 6.87. The van der Waals surface area contributed by atoms with E-state index >= 15 is 0 Å². The Labute approximate surface area is 68.9 Å². The van der Waals surface area contributed by atoms with Crippen LogP contribution in [0.4, 0.5) is 4.39 Å². The van der Waals surface area contributed by atoms with E-state index < -0.39 is 11.9 Å². The van der Waals surface area contributed by atoms with E-state index in [1.165, 1.54) is 20.2 Å². The maximum atomic E-state index is 12.6. The normalized spacial score (nSPS) is 9.92. The van der Waals surface area contributed by atoms with Crippen molar-refractivity contribution >= 4 is 5.97 Å². The summed E-state index contributed by atoms with van der Waals surface area (Å²) < 4.78 is 18.1. The molecule has 0 saturated heterocycles. The molecular formula is C7H9FN2O2. The van der Waals surface area contributed by atoms with Gasteiger partial charge in [0.2, 0.25) is 5.95 Å². The minimum Gasteiger partial charge on any atom is -0.469 e. The Balaban J connectivity index is 2.70. The van der Waals surface area contributed by atoms with Gasteiger partial charge in [-0.3, -0.25) is 4.79 Å². The molecule has 4 nitrogen and oxygen atoms in total. The molecule has 0 bridgehead atoms. The third kappa shape index (κ3) is 1.81. The van der Waals surface area contributed by atoms with Crippen LogP contribution in [0.3, 0.4) is 0 Å². The molecule has 0 aromatic carbocycles. The Bertz CT molecular complexity index is 276. The molecule has 0 unspecified atom stereocenters. The van der Waals surface area contributed by atoms with Gasteiger partial charge in [0.1, 0.15) is 0 Å². The number of aryl methyl sites for hydroxylation is 1. The first-order valence-corrected chi connectivity index (χ1v) is 3.38. The van der Waals surface area contributed by atoms with Gasteiger partial charge in [0.05, 0.1) is 19.2 Å². The number of esters is 1. The van der Waals surface area contributed by atoms with Gasteiger partial charge in [-0.05, 0) is 0 Å². The second kappa shape index (κ2) is 3.34. The van der Waals surface area contributed by atoms with Crippen LogP contribution in [0.15, 0.2) is 6.07 Å². The molecule has 0 radical (unpaired) electrons. The summed E-state index contributed by atoms with van der Waals surface area (Å²) in [4.78, 5) is 10.7. The molecule has 1 aromatic rings. The highest BCUT2D eigenvalue weighted by Crippen LogP contribution is 2.01. The van der Waals surface area contributed by atoms with Crippen molar-refractivity contribution in [3.05, 3.63) is 17.7 Å². The number of carbonyl (C=O) groups is 1. The van der Waals surface area contributed by atoms with Crippen LogP contribution in [-0.2, 0) is 23.0 Å².